The Bertz CT molecular complexity index is 1020. The van der Waals surface area contributed by atoms with Crippen molar-refractivity contribution in [1.29, 1.82) is 0 Å². The van der Waals surface area contributed by atoms with Gasteiger partial charge >= 0.3 is 6.03 Å². The highest BCUT2D eigenvalue weighted by Gasteiger charge is 2.54. The fourth-order valence-corrected chi connectivity index (χ4v) is 8.04. The van der Waals surface area contributed by atoms with Crippen molar-refractivity contribution in [2.24, 2.45) is 4.99 Å². The number of nitrogens with zero attached hydrogens (tertiary/aromatic N) is 2. The summed E-state index contributed by atoms with van der Waals surface area (Å²) in [5.41, 5.74) is 4.62. The SMILES string of the molecule is Cc1cccc(C)c1NC(=O)N1CC2=C(CN=C2NC(=O)C2([Si](C)(C)C)CCC2)C1(C)C. The Balaban J connectivity index is 1.52. The van der Waals surface area contributed by atoms with E-state index in [0.29, 0.717) is 18.9 Å². The minimum absolute atomic E-state index is 0.120. The van der Waals surface area contributed by atoms with Gasteiger partial charge in [-0.15, -0.1) is 0 Å². The van der Waals surface area contributed by atoms with E-state index in [2.05, 4.69) is 49.1 Å². The van der Waals surface area contributed by atoms with Crippen LogP contribution in [-0.2, 0) is 4.79 Å². The smallest absolute Gasteiger partial charge is 0.311 e. The number of benzene rings is 1. The molecule has 0 radical (unpaired) electrons. The third kappa shape index (κ3) is 3.41. The Morgan fingerprint density at radius 1 is 1.06 bits per heavy atom. The molecular weight excluding hydrogens is 416 g/mol. The van der Waals surface area contributed by atoms with Gasteiger partial charge < -0.3 is 15.5 Å². The van der Waals surface area contributed by atoms with Crippen LogP contribution >= 0.6 is 0 Å². The quantitative estimate of drug-likeness (QED) is 0.632. The topological polar surface area (TPSA) is 73.8 Å². The van der Waals surface area contributed by atoms with E-state index in [-0.39, 0.29) is 17.0 Å². The maximum Gasteiger partial charge on any atom is 0.322 e. The highest BCUT2D eigenvalue weighted by molar-refractivity contribution is 6.82. The van der Waals surface area contributed by atoms with E-state index >= 15 is 0 Å². The van der Waals surface area contributed by atoms with Crippen molar-refractivity contribution in [1.82, 2.24) is 10.2 Å². The van der Waals surface area contributed by atoms with Crippen LogP contribution in [0.3, 0.4) is 0 Å². The first-order valence-corrected chi connectivity index (χ1v) is 15.1. The predicted molar refractivity (Wildman–Crippen MR) is 133 cm³/mol. The van der Waals surface area contributed by atoms with Gasteiger partial charge in [-0.25, -0.2) is 4.79 Å². The van der Waals surface area contributed by atoms with Crippen molar-refractivity contribution in [3.63, 3.8) is 0 Å². The lowest BCUT2D eigenvalue weighted by Gasteiger charge is -2.49. The predicted octanol–water partition coefficient (Wildman–Crippen LogP) is 5.02. The van der Waals surface area contributed by atoms with Crippen LogP contribution in [0.4, 0.5) is 10.5 Å². The van der Waals surface area contributed by atoms with Gasteiger partial charge in [0.15, 0.2) is 0 Å². The first-order chi connectivity index (χ1) is 14.9. The molecule has 172 valence electrons. The van der Waals surface area contributed by atoms with Crippen LogP contribution in [0.1, 0.15) is 44.2 Å². The Morgan fingerprint density at radius 3 is 2.22 bits per heavy atom. The highest BCUT2D eigenvalue weighted by Crippen LogP contribution is 2.55. The van der Waals surface area contributed by atoms with Crippen molar-refractivity contribution in [2.75, 3.05) is 18.4 Å². The van der Waals surface area contributed by atoms with E-state index in [1.807, 2.05) is 36.9 Å². The molecule has 0 atom stereocenters. The lowest BCUT2D eigenvalue weighted by atomic mass is 9.83. The number of amides is 3. The number of hydrogen-bond donors (Lipinski definition) is 2. The van der Waals surface area contributed by atoms with Gasteiger partial charge in [-0.2, -0.15) is 0 Å². The Labute approximate surface area is 192 Å². The average Bonchev–Trinajstić information content (AvgIpc) is 3.14. The molecule has 1 aliphatic carbocycles. The molecule has 2 N–H and O–H groups in total. The van der Waals surface area contributed by atoms with E-state index in [9.17, 15) is 9.59 Å². The van der Waals surface area contributed by atoms with Crippen LogP contribution in [0.25, 0.3) is 0 Å². The zero-order valence-electron chi connectivity index (χ0n) is 20.5. The van der Waals surface area contributed by atoms with E-state index < -0.39 is 13.6 Å². The number of carbonyl (C=O) groups is 2. The molecule has 0 spiro atoms. The van der Waals surface area contributed by atoms with Crippen LogP contribution in [0.2, 0.25) is 24.7 Å². The number of aryl methyl sites for hydroxylation is 2. The first-order valence-electron chi connectivity index (χ1n) is 11.6. The fraction of sp³-hybridized carbons (Fsp3) is 0.560. The fourth-order valence-electron chi connectivity index (χ4n) is 5.45. The third-order valence-corrected chi connectivity index (χ3v) is 11.6. The molecule has 4 rings (SSSR count). The summed E-state index contributed by atoms with van der Waals surface area (Å²) in [4.78, 5) is 33.2. The van der Waals surface area contributed by atoms with Crippen molar-refractivity contribution in [2.45, 2.75) is 77.2 Å². The van der Waals surface area contributed by atoms with Crippen LogP contribution in [0.15, 0.2) is 34.3 Å². The van der Waals surface area contributed by atoms with Gasteiger partial charge in [0.25, 0.3) is 0 Å². The molecule has 7 heteroatoms. The number of para-hydroxylation sites is 1. The summed E-state index contributed by atoms with van der Waals surface area (Å²) in [6.45, 7) is 16.0. The number of anilines is 1. The summed E-state index contributed by atoms with van der Waals surface area (Å²) in [5, 5.41) is 6.11. The largest absolute Gasteiger partial charge is 0.322 e. The summed E-state index contributed by atoms with van der Waals surface area (Å²) < 4.78 is 0. The normalized spacial score (nSPS) is 21.1. The van der Waals surface area contributed by atoms with Gasteiger partial charge in [0.05, 0.1) is 26.7 Å². The Morgan fingerprint density at radius 2 is 1.69 bits per heavy atom. The molecule has 1 saturated carbocycles. The number of hydrogen-bond acceptors (Lipinski definition) is 3. The monoisotopic (exact) mass is 452 g/mol. The number of urea groups is 1. The molecule has 32 heavy (non-hydrogen) atoms. The van der Waals surface area contributed by atoms with Gasteiger partial charge in [-0.3, -0.25) is 9.79 Å². The molecule has 3 amide bonds. The second-order valence-corrected chi connectivity index (χ2v) is 16.6. The molecule has 6 nitrogen and oxygen atoms in total. The molecule has 2 aliphatic heterocycles. The summed E-state index contributed by atoms with van der Waals surface area (Å²) in [6, 6.07) is 5.89. The molecule has 1 aromatic carbocycles. The van der Waals surface area contributed by atoms with Crippen LogP contribution in [0.5, 0.6) is 0 Å². The summed E-state index contributed by atoms with van der Waals surface area (Å²) in [5.74, 6) is 0.802. The van der Waals surface area contributed by atoms with Gasteiger partial charge in [0.1, 0.15) is 5.84 Å². The molecule has 0 bridgehead atoms. The van der Waals surface area contributed by atoms with E-state index in [1.165, 1.54) is 0 Å². The van der Waals surface area contributed by atoms with Gasteiger partial charge in [0.2, 0.25) is 5.91 Å². The maximum atomic E-state index is 13.4. The summed E-state index contributed by atoms with van der Waals surface area (Å²) in [6.07, 6.45) is 3.07. The maximum absolute atomic E-state index is 13.4. The Hall–Kier alpha value is -2.41. The minimum Gasteiger partial charge on any atom is -0.311 e. The summed E-state index contributed by atoms with van der Waals surface area (Å²) >= 11 is 0. The van der Waals surface area contributed by atoms with Crippen LogP contribution in [-0.4, -0.2) is 49.4 Å². The zero-order chi connectivity index (χ0) is 23.5. The number of rotatable bonds is 3. The van der Waals surface area contributed by atoms with Gasteiger partial charge in [0, 0.05) is 16.3 Å². The molecule has 0 saturated heterocycles. The lowest BCUT2D eigenvalue weighted by molar-refractivity contribution is -0.125. The Kier molecular flexibility index (Phi) is 5.39. The minimum atomic E-state index is -1.66. The van der Waals surface area contributed by atoms with Crippen LogP contribution < -0.4 is 10.6 Å². The second-order valence-electron chi connectivity index (χ2n) is 11.1. The highest BCUT2D eigenvalue weighted by atomic mass is 28.3. The molecule has 3 aliphatic rings. The summed E-state index contributed by atoms with van der Waals surface area (Å²) in [7, 11) is -1.66. The first kappa shape index (κ1) is 22.8. The number of amidine groups is 1. The van der Waals surface area contributed by atoms with E-state index in [0.717, 1.165) is 47.2 Å². The van der Waals surface area contributed by atoms with Crippen LogP contribution in [0, 0.1) is 13.8 Å². The van der Waals surface area contributed by atoms with Crippen molar-refractivity contribution >= 4 is 31.5 Å². The van der Waals surface area contributed by atoms with E-state index in [4.69, 9.17) is 0 Å². The molecule has 0 aromatic heterocycles. The van der Waals surface area contributed by atoms with Crippen molar-refractivity contribution < 1.29 is 9.59 Å². The van der Waals surface area contributed by atoms with Crippen molar-refractivity contribution in [3.05, 3.63) is 40.5 Å². The molecule has 1 aromatic rings. The average molecular weight is 453 g/mol. The number of carbonyl (C=O) groups excluding carboxylic acids is 2. The standard InChI is InChI=1S/C25H36N4O2Si/c1-16-10-8-11-17(2)20(16)27-23(31)29-15-18-19(24(29,3)4)14-26-21(18)28-22(30)25(12-9-13-25)32(5,6)7/h8,10-11H,9,12-15H2,1-7H3,(H,27,31)(H,26,28,30). The van der Waals surface area contributed by atoms with Gasteiger partial charge in [-0.05, 0) is 57.2 Å². The number of aliphatic imine (C=N–C) groups is 1. The molecule has 2 heterocycles. The molecular formula is C25H36N4O2Si. The lowest BCUT2D eigenvalue weighted by Crippen LogP contribution is -2.55. The third-order valence-electron chi connectivity index (χ3n) is 8.04. The van der Waals surface area contributed by atoms with E-state index in [1.54, 1.807) is 0 Å². The van der Waals surface area contributed by atoms with Crippen molar-refractivity contribution in [3.8, 4) is 0 Å². The molecule has 0 unspecified atom stereocenters. The molecule has 1 fully saturated rings. The van der Waals surface area contributed by atoms with Gasteiger partial charge in [-0.1, -0.05) is 44.3 Å². The second kappa shape index (κ2) is 7.58. The zero-order valence-corrected chi connectivity index (χ0v) is 21.5. The number of nitrogens with one attached hydrogen (secondary N) is 2.